The van der Waals surface area contributed by atoms with Crippen LogP contribution in [0.5, 0.6) is 0 Å². The summed E-state index contributed by atoms with van der Waals surface area (Å²) in [6, 6.07) is 21.4. The van der Waals surface area contributed by atoms with E-state index in [-0.39, 0.29) is 7.43 Å². The van der Waals surface area contributed by atoms with E-state index in [1.807, 2.05) is 13.8 Å². The predicted octanol–water partition coefficient (Wildman–Crippen LogP) is 5.66. The second kappa shape index (κ2) is 6.05. The molecule has 0 radical (unpaired) electrons. The van der Waals surface area contributed by atoms with Gasteiger partial charge in [0.15, 0.2) is 0 Å². The van der Waals surface area contributed by atoms with Gasteiger partial charge in [-0.1, -0.05) is 69.8 Å². The molecule has 17 heavy (non-hydrogen) atoms. The monoisotopic (exact) mass is 224 g/mol. The SMILES string of the molecule is C.CC.c1ccc2cc3ccccc3cc2c1. The van der Waals surface area contributed by atoms with E-state index in [1.165, 1.54) is 21.5 Å². The Labute approximate surface area is 104 Å². The molecule has 0 N–H and O–H groups in total. The fraction of sp³-hybridized carbons (Fsp3) is 0.176. The van der Waals surface area contributed by atoms with Crippen molar-refractivity contribution in [2.45, 2.75) is 21.3 Å². The standard InChI is InChI=1S/C14H10.C2H6.CH4/c1-2-6-12-10-14-8-4-3-7-13(14)9-11(12)5-1;1-2;/h1-10H;1-2H3;1H4. The molecule has 3 aromatic carbocycles. The van der Waals surface area contributed by atoms with E-state index < -0.39 is 0 Å². The summed E-state index contributed by atoms with van der Waals surface area (Å²) in [5, 5.41) is 5.25. The minimum Gasteiger partial charge on any atom is -0.0776 e. The minimum atomic E-state index is 0. The summed E-state index contributed by atoms with van der Waals surface area (Å²) in [6.45, 7) is 4.00. The lowest BCUT2D eigenvalue weighted by molar-refractivity contribution is 1.50. The molecule has 0 aliphatic carbocycles. The Morgan fingerprint density at radius 3 is 1.00 bits per heavy atom. The van der Waals surface area contributed by atoms with Crippen molar-refractivity contribution in [3.63, 3.8) is 0 Å². The second-order valence-corrected chi connectivity index (χ2v) is 3.55. The first-order valence-corrected chi connectivity index (χ1v) is 5.81. The highest BCUT2D eigenvalue weighted by molar-refractivity contribution is 5.97. The number of benzene rings is 3. The molecular formula is C17H20. The first-order valence-electron chi connectivity index (χ1n) is 5.81. The topological polar surface area (TPSA) is 0 Å². The Bertz CT molecular complexity index is 489. The average molecular weight is 224 g/mol. The van der Waals surface area contributed by atoms with E-state index >= 15 is 0 Å². The van der Waals surface area contributed by atoms with Crippen LogP contribution in [0.15, 0.2) is 60.7 Å². The van der Waals surface area contributed by atoms with Crippen molar-refractivity contribution in [1.29, 1.82) is 0 Å². The molecule has 0 amide bonds. The van der Waals surface area contributed by atoms with Gasteiger partial charge in [0, 0.05) is 0 Å². The van der Waals surface area contributed by atoms with Gasteiger partial charge in [0.25, 0.3) is 0 Å². The molecule has 0 fully saturated rings. The molecule has 0 unspecified atom stereocenters. The quantitative estimate of drug-likeness (QED) is 0.432. The van der Waals surface area contributed by atoms with Crippen LogP contribution in [-0.2, 0) is 0 Å². The van der Waals surface area contributed by atoms with Gasteiger partial charge in [-0.05, 0) is 33.7 Å². The zero-order valence-corrected chi connectivity index (χ0v) is 9.77. The minimum absolute atomic E-state index is 0. The van der Waals surface area contributed by atoms with Crippen molar-refractivity contribution in [2.24, 2.45) is 0 Å². The molecule has 0 heterocycles. The lowest BCUT2D eigenvalue weighted by Crippen LogP contribution is -1.74. The summed E-state index contributed by atoms with van der Waals surface area (Å²) < 4.78 is 0. The van der Waals surface area contributed by atoms with Gasteiger partial charge in [0.1, 0.15) is 0 Å². The van der Waals surface area contributed by atoms with Crippen molar-refractivity contribution in [2.75, 3.05) is 0 Å². The van der Waals surface area contributed by atoms with Crippen LogP contribution in [0.2, 0.25) is 0 Å². The van der Waals surface area contributed by atoms with Crippen molar-refractivity contribution in [3.05, 3.63) is 60.7 Å². The second-order valence-electron chi connectivity index (χ2n) is 3.55. The van der Waals surface area contributed by atoms with Gasteiger partial charge in [-0.3, -0.25) is 0 Å². The third-order valence-electron chi connectivity index (χ3n) is 2.61. The van der Waals surface area contributed by atoms with E-state index in [1.54, 1.807) is 0 Å². The molecule has 0 nitrogen and oxygen atoms in total. The zero-order valence-electron chi connectivity index (χ0n) is 9.77. The first-order chi connectivity index (χ1) is 7.93. The maximum atomic E-state index is 2.24. The van der Waals surface area contributed by atoms with Gasteiger partial charge in [0.05, 0.1) is 0 Å². The number of rotatable bonds is 0. The van der Waals surface area contributed by atoms with Crippen molar-refractivity contribution < 1.29 is 0 Å². The van der Waals surface area contributed by atoms with Crippen molar-refractivity contribution >= 4 is 21.5 Å². The summed E-state index contributed by atoms with van der Waals surface area (Å²) in [5.74, 6) is 0. The predicted molar refractivity (Wildman–Crippen MR) is 79.5 cm³/mol. The normalized spacial score (nSPS) is 9.29. The third kappa shape index (κ3) is 2.65. The summed E-state index contributed by atoms with van der Waals surface area (Å²) in [4.78, 5) is 0. The molecule has 88 valence electrons. The third-order valence-corrected chi connectivity index (χ3v) is 2.61. The van der Waals surface area contributed by atoms with E-state index in [4.69, 9.17) is 0 Å². The molecule has 0 saturated heterocycles. The number of hydrogen-bond donors (Lipinski definition) is 0. The van der Waals surface area contributed by atoms with Crippen molar-refractivity contribution in [3.8, 4) is 0 Å². The molecule has 0 aromatic heterocycles. The van der Waals surface area contributed by atoms with E-state index in [9.17, 15) is 0 Å². The highest BCUT2D eigenvalue weighted by Crippen LogP contribution is 2.21. The van der Waals surface area contributed by atoms with Crippen LogP contribution < -0.4 is 0 Å². The van der Waals surface area contributed by atoms with Gasteiger partial charge in [0.2, 0.25) is 0 Å². The molecule has 0 aliphatic heterocycles. The maximum absolute atomic E-state index is 2.24. The lowest BCUT2D eigenvalue weighted by atomic mass is 10.0. The Morgan fingerprint density at radius 2 is 0.765 bits per heavy atom. The van der Waals surface area contributed by atoms with Gasteiger partial charge >= 0.3 is 0 Å². The van der Waals surface area contributed by atoms with Gasteiger partial charge < -0.3 is 0 Å². The molecule has 0 spiro atoms. The largest absolute Gasteiger partial charge is 0.0776 e. The molecule has 0 atom stereocenters. The Kier molecular flexibility index (Phi) is 4.71. The molecule has 0 saturated carbocycles. The molecular weight excluding hydrogens is 204 g/mol. The zero-order chi connectivity index (χ0) is 11.4. The smallest absolute Gasteiger partial charge is 0.0178 e. The summed E-state index contributed by atoms with van der Waals surface area (Å²) in [7, 11) is 0. The summed E-state index contributed by atoms with van der Waals surface area (Å²) in [6.07, 6.45) is 0. The molecule has 3 rings (SSSR count). The van der Waals surface area contributed by atoms with Crippen molar-refractivity contribution in [1.82, 2.24) is 0 Å². The molecule has 3 aromatic rings. The summed E-state index contributed by atoms with van der Waals surface area (Å²) in [5.41, 5.74) is 0. The Morgan fingerprint density at radius 1 is 0.529 bits per heavy atom. The van der Waals surface area contributed by atoms with Crippen LogP contribution in [0.25, 0.3) is 21.5 Å². The molecule has 0 bridgehead atoms. The summed E-state index contributed by atoms with van der Waals surface area (Å²) >= 11 is 0. The van der Waals surface area contributed by atoms with Crippen LogP contribution in [0.1, 0.15) is 21.3 Å². The number of fused-ring (bicyclic) bond motifs is 2. The van der Waals surface area contributed by atoms with Gasteiger partial charge in [-0.2, -0.15) is 0 Å². The van der Waals surface area contributed by atoms with E-state index in [2.05, 4.69) is 60.7 Å². The van der Waals surface area contributed by atoms with Crippen LogP contribution in [0, 0.1) is 0 Å². The van der Waals surface area contributed by atoms with E-state index in [0.29, 0.717) is 0 Å². The lowest BCUT2D eigenvalue weighted by Gasteiger charge is -2.00. The average Bonchev–Trinajstić information content (AvgIpc) is 2.38. The highest BCUT2D eigenvalue weighted by Gasteiger charge is 1.95. The fourth-order valence-electron chi connectivity index (χ4n) is 1.88. The Balaban J connectivity index is 0.000000459. The van der Waals surface area contributed by atoms with E-state index in [0.717, 1.165) is 0 Å². The molecule has 0 aliphatic rings. The van der Waals surface area contributed by atoms with Gasteiger partial charge in [-0.25, -0.2) is 0 Å². The fourth-order valence-corrected chi connectivity index (χ4v) is 1.88. The first kappa shape index (κ1) is 13.2. The Hall–Kier alpha value is -1.82. The van der Waals surface area contributed by atoms with Crippen LogP contribution in [0.4, 0.5) is 0 Å². The molecule has 0 heteroatoms. The highest BCUT2D eigenvalue weighted by atomic mass is 14.0. The van der Waals surface area contributed by atoms with Crippen LogP contribution in [0.3, 0.4) is 0 Å². The van der Waals surface area contributed by atoms with Crippen LogP contribution >= 0.6 is 0 Å². The van der Waals surface area contributed by atoms with Gasteiger partial charge in [-0.15, -0.1) is 0 Å². The maximum Gasteiger partial charge on any atom is -0.0178 e. The number of hydrogen-bond acceptors (Lipinski definition) is 0. The van der Waals surface area contributed by atoms with Crippen LogP contribution in [-0.4, -0.2) is 0 Å².